The first-order valence-corrected chi connectivity index (χ1v) is 12.2. The largest absolute Gasteiger partial charge is 0.494 e. The molecule has 0 fully saturated rings. The fourth-order valence-electron chi connectivity index (χ4n) is 3.67. The number of rotatable bonds is 11. The number of allylic oxidation sites excluding steroid dienone is 1. The smallest absolute Gasteiger partial charge is 0.337 e. The minimum Gasteiger partial charge on any atom is -0.494 e. The number of urea groups is 1. The molecule has 2 aromatic rings. The van der Waals surface area contributed by atoms with E-state index in [4.69, 9.17) is 42.1 Å². The molecule has 2 atom stereocenters. The van der Waals surface area contributed by atoms with Gasteiger partial charge in [0.05, 0.1) is 48.7 Å². The monoisotopic (exact) mass is 566 g/mol. The maximum atomic E-state index is 12.4. The molecule has 11 nitrogen and oxygen atoms in total. The van der Waals surface area contributed by atoms with Gasteiger partial charge in [-0.05, 0) is 49.2 Å². The van der Waals surface area contributed by atoms with Crippen LogP contribution in [0.4, 0.5) is 4.79 Å². The Kier molecular flexibility index (Phi) is 10.1. The van der Waals surface area contributed by atoms with E-state index in [1.807, 2.05) is 0 Å². The lowest BCUT2D eigenvalue weighted by Gasteiger charge is -2.28. The highest BCUT2D eigenvalue weighted by Gasteiger charge is 2.32. The molecule has 3 rings (SSSR count). The van der Waals surface area contributed by atoms with Crippen molar-refractivity contribution in [1.29, 1.82) is 0 Å². The molecule has 1 aliphatic heterocycles. The fraction of sp³-hybridized carbons (Fsp3) is 0.320. The number of benzene rings is 2. The summed E-state index contributed by atoms with van der Waals surface area (Å²) in [5, 5.41) is 20.2. The van der Waals surface area contributed by atoms with Crippen LogP contribution in [0.25, 0.3) is 0 Å². The highest BCUT2D eigenvalue weighted by atomic mass is 35.5. The molecular weight excluding hydrogens is 539 g/mol. The number of aliphatic hydroxyl groups is 1. The van der Waals surface area contributed by atoms with Crippen LogP contribution in [0, 0.1) is 0 Å². The van der Waals surface area contributed by atoms with E-state index >= 15 is 0 Å². The van der Waals surface area contributed by atoms with Crippen LogP contribution in [-0.2, 0) is 9.53 Å². The molecule has 4 N–H and O–H groups in total. The molecule has 204 valence electrons. The molecule has 0 unspecified atom stereocenters. The molecule has 2 aromatic carbocycles. The third kappa shape index (κ3) is 7.00. The van der Waals surface area contributed by atoms with Crippen LogP contribution >= 0.6 is 23.2 Å². The first kappa shape index (κ1) is 28.9. The molecule has 0 aromatic heterocycles. The van der Waals surface area contributed by atoms with Gasteiger partial charge in [-0.1, -0.05) is 29.3 Å². The number of nitrogens with zero attached hydrogens (tertiary/aromatic N) is 1. The van der Waals surface area contributed by atoms with Gasteiger partial charge in [0.25, 0.3) is 0 Å². The first-order valence-electron chi connectivity index (χ1n) is 11.4. The van der Waals surface area contributed by atoms with Crippen LogP contribution in [0.3, 0.4) is 0 Å². The van der Waals surface area contributed by atoms with E-state index in [1.54, 1.807) is 44.2 Å². The van der Waals surface area contributed by atoms with Gasteiger partial charge in [-0.25, -0.2) is 9.59 Å². The number of amides is 2. The van der Waals surface area contributed by atoms with E-state index in [0.29, 0.717) is 50.7 Å². The first-order chi connectivity index (χ1) is 18.2. The standard InChI is InChI=1S/C25H28Cl2N4O7/c1-5-37-19-10-15(22-21(24(33)36-4)13(2)29-25(34)30-22)6-7-18(19)38-12-20(32)31-28-11-14-8-16(26)23(35-3)17(27)9-14/h6-11,20,22,31-32H,5,12H2,1-4H3,(H2,29,30,34)/b28-11-/t20-,22+/m1/s1. The van der Waals surface area contributed by atoms with Gasteiger partial charge >= 0.3 is 12.0 Å². The predicted molar refractivity (Wildman–Crippen MR) is 142 cm³/mol. The van der Waals surface area contributed by atoms with Crippen molar-refractivity contribution in [2.45, 2.75) is 26.1 Å². The summed E-state index contributed by atoms with van der Waals surface area (Å²) >= 11 is 12.2. The van der Waals surface area contributed by atoms with Gasteiger partial charge in [-0.15, -0.1) is 0 Å². The van der Waals surface area contributed by atoms with Gasteiger partial charge < -0.3 is 34.7 Å². The maximum absolute atomic E-state index is 12.4. The number of ether oxygens (including phenoxy) is 4. The number of methoxy groups -OCH3 is 2. The van der Waals surface area contributed by atoms with Gasteiger partial charge in [0, 0.05) is 5.70 Å². The van der Waals surface area contributed by atoms with E-state index in [1.165, 1.54) is 20.4 Å². The lowest BCUT2D eigenvalue weighted by molar-refractivity contribution is -0.136. The van der Waals surface area contributed by atoms with Crippen molar-refractivity contribution in [2.75, 3.05) is 27.4 Å². The summed E-state index contributed by atoms with van der Waals surface area (Å²) in [6, 6.07) is 6.97. The number of hydrogen-bond donors (Lipinski definition) is 4. The molecule has 13 heteroatoms. The minimum absolute atomic E-state index is 0.169. The normalized spacial score (nSPS) is 16.0. The molecule has 0 bridgehead atoms. The molecule has 0 saturated heterocycles. The molecule has 0 spiro atoms. The van der Waals surface area contributed by atoms with Crippen molar-refractivity contribution in [2.24, 2.45) is 5.10 Å². The molecule has 1 heterocycles. The lowest BCUT2D eigenvalue weighted by Crippen LogP contribution is -2.45. The summed E-state index contributed by atoms with van der Waals surface area (Å²) in [6.45, 7) is 3.58. The van der Waals surface area contributed by atoms with Crippen LogP contribution in [0.5, 0.6) is 17.2 Å². The highest BCUT2D eigenvalue weighted by Crippen LogP contribution is 2.35. The van der Waals surface area contributed by atoms with Crippen molar-refractivity contribution in [3.63, 3.8) is 0 Å². The Morgan fingerprint density at radius 2 is 1.89 bits per heavy atom. The maximum Gasteiger partial charge on any atom is 0.337 e. The second-order valence-corrected chi connectivity index (χ2v) is 8.75. The number of halogens is 2. The zero-order chi connectivity index (χ0) is 27.8. The molecule has 0 saturated carbocycles. The second-order valence-electron chi connectivity index (χ2n) is 7.93. The summed E-state index contributed by atoms with van der Waals surface area (Å²) in [5.41, 5.74) is 4.37. The van der Waals surface area contributed by atoms with Gasteiger partial charge in [0.1, 0.15) is 6.61 Å². The number of carbonyl (C=O) groups is 2. The van der Waals surface area contributed by atoms with E-state index in [-0.39, 0.29) is 12.2 Å². The number of esters is 1. The summed E-state index contributed by atoms with van der Waals surface area (Å²) < 4.78 is 21.4. The highest BCUT2D eigenvalue weighted by molar-refractivity contribution is 6.37. The topological polar surface area (TPSA) is 140 Å². The number of aliphatic hydroxyl groups excluding tert-OH is 1. The molecule has 0 aliphatic carbocycles. The molecule has 1 aliphatic rings. The van der Waals surface area contributed by atoms with Gasteiger partial charge in [0.15, 0.2) is 23.5 Å². The van der Waals surface area contributed by atoms with Crippen molar-refractivity contribution < 1.29 is 33.6 Å². The minimum atomic E-state index is -1.16. The lowest BCUT2D eigenvalue weighted by atomic mass is 9.95. The van der Waals surface area contributed by atoms with Crippen LogP contribution in [0.15, 0.2) is 46.7 Å². The van der Waals surface area contributed by atoms with Crippen LogP contribution in [0.2, 0.25) is 10.0 Å². The Labute approximate surface area is 229 Å². The van der Waals surface area contributed by atoms with Crippen LogP contribution in [0.1, 0.15) is 31.0 Å². The average molecular weight is 567 g/mol. The van der Waals surface area contributed by atoms with E-state index in [2.05, 4.69) is 21.2 Å². The second kappa shape index (κ2) is 13.2. The van der Waals surface area contributed by atoms with Crippen LogP contribution in [-0.4, -0.2) is 57.0 Å². The quantitative estimate of drug-likeness (QED) is 0.140. The van der Waals surface area contributed by atoms with Crippen molar-refractivity contribution in [1.82, 2.24) is 16.1 Å². The van der Waals surface area contributed by atoms with E-state index in [9.17, 15) is 14.7 Å². The summed E-state index contributed by atoms with van der Waals surface area (Å²) in [6.07, 6.45) is 0.271. The SMILES string of the molecule is CCOc1cc([C@@H]2NC(=O)NC(C)=C2C(=O)OC)ccc1OC[C@@H](O)N/N=C\c1cc(Cl)c(OC)c(Cl)c1. The molecule has 2 amide bonds. The number of carbonyl (C=O) groups excluding carboxylic acids is 2. The Bertz CT molecular complexity index is 1230. The number of nitrogens with one attached hydrogen (secondary N) is 3. The Morgan fingerprint density at radius 1 is 1.18 bits per heavy atom. The van der Waals surface area contributed by atoms with Crippen molar-refractivity contribution >= 4 is 41.4 Å². The predicted octanol–water partition coefficient (Wildman–Crippen LogP) is 3.52. The summed E-state index contributed by atoms with van der Waals surface area (Å²) in [4.78, 5) is 24.4. The molecule has 38 heavy (non-hydrogen) atoms. The third-order valence-corrected chi connectivity index (χ3v) is 5.90. The molecular formula is C25H28Cl2N4O7. The van der Waals surface area contributed by atoms with Crippen molar-refractivity contribution in [3.05, 3.63) is 62.8 Å². The summed E-state index contributed by atoms with van der Waals surface area (Å²) in [5.74, 6) is 0.484. The Hall–Kier alpha value is -3.67. The zero-order valence-corrected chi connectivity index (χ0v) is 22.6. The third-order valence-electron chi connectivity index (χ3n) is 5.33. The summed E-state index contributed by atoms with van der Waals surface area (Å²) in [7, 11) is 2.73. The zero-order valence-electron chi connectivity index (χ0n) is 21.1. The Morgan fingerprint density at radius 3 is 2.53 bits per heavy atom. The fourth-order valence-corrected chi connectivity index (χ4v) is 4.33. The number of hydrogen-bond acceptors (Lipinski definition) is 9. The Balaban J connectivity index is 1.70. The van der Waals surface area contributed by atoms with Gasteiger partial charge in [-0.3, -0.25) is 5.43 Å². The van der Waals surface area contributed by atoms with Crippen molar-refractivity contribution in [3.8, 4) is 17.2 Å². The number of hydrazone groups is 1. The molecule has 0 radical (unpaired) electrons. The van der Waals surface area contributed by atoms with E-state index < -0.39 is 24.3 Å². The van der Waals surface area contributed by atoms with Crippen LogP contribution < -0.4 is 30.3 Å². The van der Waals surface area contributed by atoms with E-state index in [0.717, 1.165) is 0 Å². The van der Waals surface area contributed by atoms with Gasteiger partial charge in [0.2, 0.25) is 0 Å². The average Bonchev–Trinajstić information content (AvgIpc) is 2.87. The van der Waals surface area contributed by atoms with Gasteiger partial charge in [-0.2, -0.15) is 5.10 Å².